The Morgan fingerprint density at radius 3 is 1.50 bits per heavy atom. The molecule has 0 aliphatic rings. The summed E-state index contributed by atoms with van der Waals surface area (Å²) in [4.78, 5) is 34.8. The number of ether oxygens (including phenoxy) is 2. The van der Waals surface area contributed by atoms with Gasteiger partial charge >= 0.3 is 19.8 Å². The van der Waals surface area contributed by atoms with Crippen LogP contribution in [0, 0.1) is 0 Å². The number of phosphoric acid groups is 1. The third kappa shape index (κ3) is 34.9. The minimum absolute atomic E-state index is 0.172. The fraction of sp³-hybridized carbons (Fsp3) is 0.846. The molecule has 0 spiro atoms. The lowest BCUT2D eigenvalue weighted by Crippen LogP contribution is -2.29. The van der Waals surface area contributed by atoms with Crippen LogP contribution in [-0.2, 0) is 32.7 Å². The first-order valence-corrected chi connectivity index (χ1v) is 21.3. The molecule has 3 N–H and O–H groups in total. The normalized spacial score (nSPS) is 14.3. The van der Waals surface area contributed by atoms with Crippen LogP contribution in [0.4, 0.5) is 0 Å². The minimum Gasteiger partial charge on any atom is -0.462 e. The van der Waals surface area contributed by atoms with Crippen molar-refractivity contribution in [2.24, 2.45) is 0 Å². The summed E-state index contributed by atoms with van der Waals surface area (Å²) in [6.07, 6.45) is 32.9. The molecule has 11 heteroatoms. The highest BCUT2D eigenvalue weighted by atomic mass is 31.2. The van der Waals surface area contributed by atoms with Gasteiger partial charge in [-0.05, 0) is 64.2 Å². The molecular formula is C39H73O10P. The standard InChI is InChI=1S/C39H73O10P/c1-3-5-7-9-11-13-15-17-18-19-21-22-24-26-28-30-38(42)46-34-37(35-48-50(44,45)47-33-36(41)32-40)49-39(43)31-29-27-25-23-20-16-14-12-10-8-6-4-2/h12,14,19,21,36-37,40-41H,3-11,13,15-18,20,22-35H2,1-2H3,(H,44,45)/b14-12+,21-19+/t36-,37+/m0/s1. The molecule has 50 heavy (non-hydrogen) atoms. The second kappa shape index (κ2) is 35.8. The Labute approximate surface area is 304 Å². The van der Waals surface area contributed by atoms with E-state index in [1.807, 2.05) is 0 Å². The molecule has 294 valence electrons. The summed E-state index contributed by atoms with van der Waals surface area (Å²) in [5.74, 6) is -0.953. The molecule has 0 fully saturated rings. The van der Waals surface area contributed by atoms with E-state index in [4.69, 9.17) is 19.1 Å². The number of hydrogen-bond acceptors (Lipinski definition) is 9. The molecule has 0 aliphatic carbocycles. The Bertz CT molecular complexity index is 894. The summed E-state index contributed by atoms with van der Waals surface area (Å²) >= 11 is 0. The first kappa shape index (κ1) is 48.5. The van der Waals surface area contributed by atoms with Crippen molar-refractivity contribution in [2.75, 3.05) is 26.4 Å². The number of hydrogen-bond donors (Lipinski definition) is 3. The Morgan fingerprint density at radius 1 is 0.580 bits per heavy atom. The van der Waals surface area contributed by atoms with Gasteiger partial charge in [-0.3, -0.25) is 18.6 Å². The molecule has 0 saturated carbocycles. The molecule has 0 aromatic carbocycles. The summed E-state index contributed by atoms with van der Waals surface area (Å²) in [7, 11) is -4.61. The third-order valence-corrected chi connectivity index (χ3v) is 9.28. The second-order valence-electron chi connectivity index (χ2n) is 13.3. The predicted octanol–water partition coefficient (Wildman–Crippen LogP) is 9.83. The van der Waals surface area contributed by atoms with Crippen LogP contribution < -0.4 is 0 Å². The number of allylic oxidation sites excluding steroid dienone is 4. The van der Waals surface area contributed by atoms with Crippen molar-refractivity contribution in [3.8, 4) is 0 Å². The van der Waals surface area contributed by atoms with E-state index in [0.29, 0.717) is 12.8 Å². The fourth-order valence-corrected chi connectivity index (χ4v) is 6.01. The van der Waals surface area contributed by atoms with Gasteiger partial charge in [0.15, 0.2) is 6.10 Å². The Kier molecular flexibility index (Phi) is 34.7. The summed E-state index contributed by atoms with van der Waals surface area (Å²) in [5, 5.41) is 18.3. The van der Waals surface area contributed by atoms with Crippen molar-refractivity contribution < 1.29 is 47.8 Å². The van der Waals surface area contributed by atoms with Crippen LogP contribution in [0.15, 0.2) is 24.3 Å². The van der Waals surface area contributed by atoms with E-state index in [9.17, 15) is 24.2 Å². The molecule has 0 rings (SSSR count). The van der Waals surface area contributed by atoms with Crippen molar-refractivity contribution in [1.82, 2.24) is 0 Å². The lowest BCUT2D eigenvalue weighted by Gasteiger charge is -2.20. The van der Waals surface area contributed by atoms with Gasteiger partial charge in [-0.2, -0.15) is 0 Å². The molecule has 0 aromatic heterocycles. The number of carbonyl (C=O) groups is 2. The van der Waals surface area contributed by atoms with Gasteiger partial charge in [0.25, 0.3) is 0 Å². The van der Waals surface area contributed by atoms with Crippen LogP contribution in [0.3, 0.4) is 0 Å². The highest BCUT2D eigenvalue weighted by Gasteiger charge is 2.27. The summed E-state index contributed by atoms with van der Waals surface area (Å²) < 4.78 is 32.6. The van der Waals surface area contributed by atoms with Crippen molar-refractivity contribution in [2.45, 2.75) is 187 Å². The molecule has 0 radical (unpaired) electrons. The molecule has 1 unspecified atom stereocenters. The van der Waals surface area contributed by atoms with Crippen molar-refractivity contribution in [1.29, 1.82) is 0 Å². The van der Waals surface area contributed by atoms with Crippen molar-refractivity contribution in [3.63, 3.8) is 0 Å². The molecule has 0 bridgehead atoms. The first-order chi connectivity index (χ1) is 24.2. The highest BCUT2D eigenvalue weighted by Crippen LogP contribution is 2.43. The second-order valence-corrected chi connectivity index (χ2v) is 14.8. The molecule has 3 atom stereocenters. The molecule has 0 saturated heterocycles. The predicted molar refractivity (Wildman–Crippen MR) is 201 cm³/mol. The van der Waals surface area contributed by atoms with E-state index in [2.05, 4.69) is 42.7 Å². The van der Waals surface area contributed by atoms with Crippen LogP contribution in [0.2, 0.25) is 0 Å². The number of esters is 2. The van der Waals surface area contributed by atoms with Gasteiger partial charge in [-0.1, -0.05) is 122 Å². The minimum atomic E-state index is -4.61. The lowest BCUT2D eigenvalue weighted by atomic mass is 10.1. The Hall–Kier alpha value is -1.55. The molecule has 10 nitrogen and oxygen atoms in total. The van der Waals surface area contributed by atoms with Crippen LogP contribution in [0.5, 0.6) is 0 Å². The number of aliphatic hydroxyl groups excluding tert-OH is 2. The van der Waals surface area contributed by atoms with Gasteiger partial charge in [-0.25, -0.2) is 4.57 Å². The van der Waals surface area contributed by atoms with Crippen LogP contribution in [0.1, 0.15) is 174 Å². The van der Waals surface area contributed by atoms with Gasteiger partial charge in [0, 0.05) is 12.8 Å². The number of unbranched alkanes of at least 4 members (excludes halogenated alkanes) is 19. The first-order valence-electron chi connectivity index (χ1n) is 19.8. The van der Waals surface area contributed by atoms with E-state index in [1.54, 1.807) is 0 Å². The summed E-state index contributed by atoms with van der Waals surface area (Å²) in [6.45, 7) is 2.32. The number of rotatable bonds is 37. The number of aliphatic hydroxyl groups is 2. The monoisotopic (exact) mass is 732 g/mol. The number of phosphoric ester groups is 1. The molecule has 0 amide bonds. The maximum absolute atomic E-state index is 12.5. The van der Waals surface area contributed by atoms with Crippen molar-refractivity contribution >= 4 is 19.8 Å². The van der Waals surface area contributed by atoms with Gasteiger partial charge < -0.3 is 24.6 Å². The SMILES string of the molecule is CCCCC/C=C/CCCCCCCC(=O)O[C@H](COC(=O)CCCCC/C=C/CCCCCCCCCC)COP(=O)(O)OC[C@@H](O)CO. The summed E-state index contributed by atoms with van der Waals surface area (Å²) in [5.41, 5.74) is 0. The van der Waals surface area contributed by atoms with E-state index in [0.717, 1.165) is 64.2 Å². The molecule has 0 aromatic rings. The zero-order valence-electron chi connectivity index (χ0n) is 31.6. The smallest absolute Gasteiger partial charge is 0.462 e. The Morgan fingerprint density at radius 2 is 0.980 bits per heavy atom. The molecular weight excluding hydrogens is 659 g/mol. The highest BCUT2D eigenvalue weighted by molar-refractivity contribution is 7.47. The third-order valence-electron chi connectivity index (χ3n) is 8.33. The van der Waals surface area contributed by atoms with E-state index in [1.165, 1.54) is 70.6 Å². The zero-order valence-corrected chi connectivity index (χ0v) is 32.5. The van der Waals surface area contributed by atoms with Gasteiger partial charge in [0.2, 0.25) is 0 Å². The largest absolute Gasteiger partial charge is 0.472 e. The quantitative estimate of drug-likeness (QED) is 0.0244. The van der Waals surface area contributed by atoms with Gasteiger partial charge in [0.1, 0.15) is 12.7 Å². The van der Waals surface area contributed by atoms with Crippen LogP contribution >= 0.6 is 7.82 Å². The average molecular weight is 733 g/mol. The number of carbonyl (C=O) groups excluding carboxylic acids is 2. The molecule has 0 aliphatic heterocycles. The van der Waals surface area contributed by atoms with E-state index in [-0.39, 0.29) is 19.4 Å². The molecule has 0 heterocycles. The van der Waals surface area contributed by atoms with E-state index < -0.39 is 51.8 Å². The zero-order chi connectivity index (χ0) is 37.0. The van der Waals surface area contributed by atoms with E-state index >= 15 is 0 Å². The van der Waals surface area contributed by atoms with Crippen molar-refractivity contribution in [3.05, 3.63) is 24.3 Å². The lowest BCUT2D eigenvalue weighted by molar-refractivity contribution is -0.161. The fourth-order valence-electron chi connectivity index (χ4n) is 5.22. The Balaban J connectivity index is 4.37. The maximum atomic E-state index is 12.5. The van der Waals surface area contributed by atoms with Gasteiger partial charge in [-0.15, -0.1) is 0 Å². The van der Waals surface area contributed by atoms with Crippen LogP contribution in [-0.4, -0.2) is 65.7 Å². The van der Waals surface area contributed by atoms with Gasteiger partial charge in [0.05, 0.1) is 19.8 Å². The average Bonchev–Trinajstić information content (AvgIpc) is 3.10. The summed E-state index contributed by atoms with van der Waals surface area (Å²) in [6, 6.07) is 0. The topological polar surface area (TPSA) is 149 Å². The maximum Gasteiger partial charge on any atom is 0.472 e. The van der Waals surface area contributed by atoms with Crippen LogP contribution in [0.25, 0.3) is 0 Å².